The van der Waals surface area contributed by atoms with E-state index in [2.05, 4.69) is 134 Å². The SMILES string of the molecule is CCc1c(-c2ccccc2)c(-c2ccccc2)c2c(c1-c1ccccc1)-c1cccc3cccc-2c13. The van der Waals surface area contributed by atoms with Crippen LogP contribution in [0.5, 0.6) is 0 Å². The Labute approximate surface area is 212 Å². The van der Waals surface area contributed by atoms with Crippen molar-refractivity contribution in [2.45, 2.75) is 13.3 Å². The number of rotatable bonds is 4. The van der Waals surface area contributed by atoms with E-state index in [1.54, 1.807) is 0 Å². The van der Waals surface area contributed by atoms with Crippen LogP contribution >= 0.6 is 0 Å². The van der Waals surface area contributed by atoms with Crippen LogP contribution in [0.2, 0.25) is 0 Å². The fourth-order valence-electron chi connectivity index (χ4n) is 6.19. The van der Waals surface area contributed by atoms with Gasteiger partial charge in [-0.3, -0.25) is 0 Å². The van der Waals surface area contributed by atoms with Gasteiger partial charge in [0.15, 0.2) is 0 Å². The van der Waals surface area contributed by atoms with Crippen LogP contribution in [0.25, 0.3) is 66.4 Å². The lowest BCUT2D eigenvalue weighted by molar-refractivity contribution is 1.15. The van der Waals surface area contributed by atoms with E-state index < -0.39 is 0 Å². The van der Waals surface area contributed by atoms with Crippen molar-refractivity contribution >= 4 is 10.8 Å². The van der Waals surface area contributed by atoms with Crippen LogP contribution in [-0.4, -0.2) is 0 Å². The van der Waals surface area contributed by atoms with Gasteiger partial charge in [-0.15, -0.1) is 0 Å². The molecule has 0 amide bonds. The molecule has 7 rings (SSSR count). The minimum Gasteiger partial charge on any atom is -0.0622 e. The highest BCUT2D eigenvalue weighted by atomic mass is 14.3. The Morgan fingerprint density at radius 3 is 1.28 bits per heavy atom. The molecule has 0 heterocycles. The van der Waals surface area contributed by atoms with Gasteiger partial charge in [0.1, 0.15) is 0 Å². The molecular formula is C36H26. The minimum atomic E-state index is 0.952. The molecule has 0 bridgehead atoms. The standard InChI is InChI=1S/C36H26/c1-2-28-32(25-14-6-3-7-15-25)34(27-18-10-5-11-19-27)36-30-23-13-21-24-20-12-22-29(31(24)30)35(36)33(28)26-16-8-4-9-17-26/h3-23H,2H2,1H3. The zero-order chi connectivity index (χ0) is 24.1. The molecule has 0 unspecified atom stereocenters. The van der Waals surface area contributed by atoms with Gasteiger partial charge in [0.25, 0.3) is 0 Å². The van der Waals surface area contributed by atoms with Crippen molar-refractivity contribution in [2.75, 3.05) is 0 Å². The largest absolute Gasteiger partial charge is 0.0622 e. The Morgan fingerprint density at radius 1 is 0.389 bits per heavy atom. The zero-order valence-corrected chi connectivity index (χ0v) is 20.3. The van der Waals surface area contributed by atoms with E-state index in [0.717, 1.165) is 6.42 Å². The van der Waals surface area contributed by atoms with E-state index in [1.807, 2.05) is 0 Å². The summed E-state index contributed by atoms with van der Waals surface area (Å²) in [6, 6.07) is 46.5. The van der Waals surface area contributed by atoms with Gasteiger partial charge in [-0.05, 0) is 78.4 Å². The lowest BCUT2D eigenvalue weighted by Gasteiger charge is -2.25. The molecule has 0 heteroatoms. The summed E-state index contributed by atoms with van der Waals surface area (Å²) in [6.07, 6.45) is 0.952. The third-order valence-corrected chi connectivity index (χ3v) is 7.59. The average molecular weight is 459 g/mol. The van der Waals surface area contributed by atoms with Crippen LogP contribution in [0.15, 0.2) is 127 Å². The molecule has 0 fully saturated rings. The maximum absolute atomic E-state index is 2.32. The molecule has 0 aliphatic heterocycles. The van der Waals surface area contributed by atoms with Crippen LogP contribution in [-0.2, 0) is 6.42 Å². The summed E-state index contributed by atoms with van der Waals surface area (Å²) in [5.74, 6) is 0. The summed E-state index contributed by atoms with van der Waals surface area (Å²) < 4.78 is 0. The summed E-state index contributed by atoms with van der Waals surface area (Å²) in [5, 5.41) is 2.68. The van der Waals surface area contributed by atoms with Gasteiger partial charge < -0.3 is 0 Å². The molecule has 6 aromatic carbocycles. The highest BCUT2D eigenvalue weighted by Gasteiger charge is 2.32. The maximum Gasteiger partial charge on any atom is -0.000743 e. The van der Waals surface area contributed by atoms with Crippen molar-refractivity contribution in [3.63, 3.8) is 0 Å². The van der Waals surface area contributed by atoms with Crippen LogP contribution < -0.4 is 0 Å². The first-order valence-electron chi connectivity index (χ1n) is 12.8. The number of hydrogen-bond donors (Lipinski definition) is 0. The quantitative estimate of drug-likeness (QED) is 0.246. The van der Waals surface area contributed by atoms with Gasteiger partial charge in [-0.1, -0.05) is 134 Å². The predicted octanol–water partition coefficient (Wildman–Crippen LogP) is 10.1. The van der Waals surface area contributed by atoms with Gasteiger partial charge >= 0.3 is 0 Å². The Balaban J connectivity index is 1.76. The van der Waals surface area contributed by atoms with Crippen molar-refractivity contribution in [3.05, 3.63) is 133 Å². The molecule has 0 N–H and O–H groups in total. The first kappa shape index (κ1) is 20.9. The van der Waals surface area contributed by atoms with Crippen molar-refractivity contribution in [1.29, 1.82) is 0 Å². The monoisotopic (exact) mass is 458 g/mol. The Hall–Kier alpha value is -4.42. The van der Waals surface area contributed by atoms with Crippen molar-refractivity contribution in [3.8, 4) is 55.6 Å². The molecule has 0 nitrogen and oxygen atoms in total. The second-order valence-electron chi connectivity index (χ2n) is 9.51. The molecule has 0 spiro atoms. The number of fused-ring (bicyclic) bond motifs is 3. The molecule has 0 aromatic heterocycles. The molecule has 1 aliphatic carbocycles. The van der Waals surface area contributed by atoms with E-state index in [9.17, 15) is 0 Å². The van der Waals surface area contributed by atoms with Crippen LogP contribution in [0.3, 0.4) is 0 Å². The first-order valence-corrected chi connectivity index (χ1v) is 12.8. The Kier molecular flexibility index (Phi) is 4.85. The van der Waals surface area contributed by atoms with Gasteiger partial charge in [-0.2, -0.15) is 0 Å². The summed E-state index contributed by atoms with van der Waals surface area (Å²) in [7, 11) is 0. The Bertz CT molecular complexity index is 1720. The molecule has 0 saturated heterocycles. The lowest BCUT2D eigenvalue weighted by atomic mass is 9.78. The summed E-state index contributed by atoms with van der Waals surface area (Å²) >= 11 is 0. The lowest BCUT2D eigenvalue weighted by Crippen LogP contribution is -2.01. The van der Waals surface area contributed by atoms with Crippen molar-refractivity contribution in [2.24, 2.45) is 0 Å². The van der Waals surface area contributed by atoms with Crippen LogP contribution in [0.1, 0.15) is 12.5 Å². The molecule has 0 radical (unpaired) electrons. The maximum atomic E-state index is 2.32. The minimum absolute atomic E-state index is 0.952. The summed E-state index contributed by atoms with van der Waals surface area (Å²) in [4.78, 5) is 0. The second kappa shape index (κ2) is 8.36. The van der Waals surface area contributed by atoms with E-state index in [0.29, 0.717) is 0 Å². The van der Waals surface area contributed by atoms with Crippen LogP contribution in [0, 0.1) is 0 Å². The number of benzene rings is 6. The molecule has 170 valence electrons. The van der Waals surface area contributed by atoms with Gasteiger partial charge in [0.2, 0.25) is 0 Å². The highest BCUT2D eigenvalue weighted by Crippen LogP contribution is 2.58. The van der Waals surface area contributed by atoms with Crippen molar-refractivity contribution < 1.29 is 0 Å². The zero-order valence-electron chi connectivity index (χ0n) is 20.3. The predicted molar refractivity (Wildman–Crippen MR) is 154 cm³/mol. The summed E-state index contributed by atoms with van der Waals surface area (Å²) in [6.45, 7) is 2.30. The van der Waals surface area contributed by atoms with Crippen LogP contribution in [0.4, 0.5) is 0 Å². The topological polar surface area (TPSA) is 0 Å². The Morgan fingerprint density at radius 2 is 0.806 bits per heavy atom. The average Bonchev–Trinajstić information content (AvgIpc) is 3.29. The van der Waals surface area contributed by atoms with E-state index in [1.165, 1.54) is 72.0 Å². The van der Waals surface area contributed by atoms with Crippen molar-refractivity contribution in [1.82, 2.24) is 0 Å². The van der Waals surface area contributed by atoms with E-state index >= 15 is 0 Å². The third kappa shape index (κ3) is 3.01. The molecule has 0 atom stereocenters. The highest BCUT2D eigenvalue weighted by molar-refractivity contribution is 6.23. The summed E-state index contributed by atoms with van der Waals surface area (Å²) in [5.41, 5.74) is 14.7. The number of hydrogen-bond acceptors (Lipinski definition) is 0. The smallest absolute Gasteiger partial charge is 0.000743 e. The third-order valence-electron chi connectivity index (χ3n) is 7.59. The van der Waals surface area contributed by atoms with E-state index in [4.69, 9.17) is 0 Å². The van der Waals surface area contributed by atoms with E-state index in [-0.39, 0.29) is 0 Å². The van der Waals surface area contributed by atoms with Gasteiger partial charge in [0, 0.05) is 0 Å². The molecule has 1 aliphatic rings. The normalized spacial score (nSPS) is 11.6. The van der Waals surface area contributed by atoms with Gasteiger partial charge in [0.05, 0.1) is 0 Å². The fraction of sp³-hybridized carbons (Fsp3) is 0.0556. The van der Waals surface area contributed by atoms with Gasteiger partial charge in [-0.25, -0.2) is 0 Å². The molecule has 36 heavy (non-hydrogen) atoms. The molecular weight excluding hydrogens is 432 g/mol. The fourth-order valence-corrected chi connectivity index (χ4v) is 6.19. The molecule has 6 aromatic rings. The molecule has 0 saturated carbocycles. The first-order chi connectivity index (χ1) is 17.9. The second-order valence-corrected chi connectivity index (χ2v) is 9.51.